The average Bonchev–Trinajstić information content (AvgIpc) is 2.78. The minimum absolute atomic E-state index is 0.0151. The highest BCUT2D eigenvalue weighted by Crippen LogP contribution is 2.31. The Balaban J connectivity index is 2.15. The molecule has 0 spiro atoms. The smallest absolute Gasteiger partial charge is 0.239 e. The monoisotopic (exact) mass is 270 g/mol. The van der Waals surface area contributed by atoms with Crippen LogP contribution in [-0.4, -0.2) is 25.5 Å². The van der Waals surface area contributed by atoms with Gasteiger partial charge in [-0.3, -0.25) is 0 Å². The van der Waals surface area contributed by atoms with Crippen molar-refractivity contribution in [2.45, 2.75) is 36.1 Å². The Morgan fingerprint density at radius 2 is 2.00 bits per heavy atom. The van der Waals surface area contributed by atoms with Gasteiger partial charge in [0.05, 0.1) is 5.54 Å². The highest BCUT2D eigenvalue weighted by Gasteiger charge is 2.32. The van der Waals surface area contributed by atoms with Crippen molar-refractivity contribution in [3.63, 3.8) is 0 Å². The SMILES string of the molecule is NCC1(Nc2ccc(S(N)(=O)=O)cn2)CCCC1. The Morgan fingerprint density at radius 3 is 2.44 bits per heavy atom. The van der Waals surface area contributed by atoms with Crippen molar-refractivity contribution >= 4 is 15.8 Å². The minimum atomic E-state index is -3.68. The molecule has 0 atom stereocenters. The van der Waals surface area contributed by atoms with Gasteiger partial charge in [-0.1, -0.05) is 12.8 Å². The van der Waals surface area contributed by atoms with Gasteiger partial charge in [0.25, 0.3) is 0 Å². The maximum atomic E-state index is 11.1. The van der Waals surface area contributed by atoms with E-state index in [1.54, 1.807) is 6.07 Å². The summed E-state index contributed by atoms with van der Waals surface area (Å²) in [6.07, 6.45) is 5.60. The molecule has 1 aromatic heterocycles. The van der Waals surface area contributed by atoms with Crippen LogP contribution in [-0.2, 0) is 10.0 Å². The first-order valence-electron chi connectivity index (χ1n) is 5.92. The lowest BCUT2D eigenvalue weighted by molar-refractivity contribution is 0.491. The molecule has 5 N–H and O–H groups in total. The molecule has 1 aliphatic carbocycles. The number of nitrogens with two attached hydrogens (primary N) is 2. The summed E-state index contributed by atoms with van der Waals surface area (Å²) in [5.74, 6) is 0.634. The lowest BCUT2D eigenvalue weighted by Gasteiger charge is -2.29. The van der Waals surface area contributed by atoms with E-state index in [2.05, 4.69) is 10.3 Å². The average molecular weight is 270 g/mol. The van der Waals surface area contributed by atoms with Gasteiger partial charge in [-0.25, -0.2) is 18.5 Å². The van der Waals surface area contributed by atoms with E-state index in [0.717, 1.165) is 25.7 Å². The number of sulfonamides is 1. The highest BCUT2D eigenvalue weighted by atomic mass is 32.2. The molecule has 0 unspecified atom stereocenters. The molecule has 1 fully saturated rings. The Kier molecular flexibility index (Phi) is 3.56. The van der Waals surface area contributed by atoms with E-state index >= 15 is 0 Å². The lowest BCUT2D eigenvalue weighted by atomic mass is 9.98. The van der Waals surface area contributed by atoms with Crippen LogP contribution in [0.15, 0.2) is 23.2 Å². The zero-order valence-electron chi connectivity index (χ0n) is 10.1. The first-order chi connectivity index (χ1) is 8.45. The molecule has 6 nitrogen and oxygen atoms in total. The maximum Gasteiger partial charge on any atom is 0.239 e. The largest absolute Gasteiger partial charge is 0.363 e. The first kappa shape index (κ1) is 13.3. The van der Waals surface area contributed by atoms with Gasteiger partial charge in [0.2, 0.25) is 10.0 Å². The zero-order chi connectivity index (χ0) is 13.2. The van der Waals surface area contributed by atoms with Crippen molar-refractivity contribution in [2.24, 2.45) is 10.9 Å². The Morgan fingerprint density at radius 1 is 1.33 bits per heavy atom. The number of hydrogen-bond donors (Lipinski definition) is 3. The molecule has 1 aliphatic rings. The number of nitrogens with zero attached hydrogens (tertiary/aromatic N) is 1. The lowest BCUT2D eigenvalue weighted by Crippen LogP contribution is -2.43. The summed E-state index contributed by atoms with van der Waals surface area (Å²) >= 11 is 0. The molecule has 7 heteroatoms. The quantitative estimate of drug-likeness (QED) is 0.734. The summed E-state index contributed by atoms with van der Waals surface area (Å²) in [4.78, 5) is 4.09. The fourth-order valence-electron chi connectivity index (χ4n) is 2.33. The van der Waals surface area contributed by atoms with Crippen LogP contribution in [0.5, 0.6) is 0 Å². The second-order valence-electron chi connectivity index (χ2n) is 4.74. The molecule has 1 heterocycles. The third kappa shape index (κ3) is 2.80. The number of pyridine rings is 1. The van der Waals surface area contributed by atoms with E-state index in [1.807, 2.05) is 0 Å². The molecule has 2 rings (SSSR count). The maximum absolute atomic E-state index is 11.1. The summed E-state index contributed by atoms with van der Waals surface area (Å²) in [5.41, 5.74) is 5.71. The van der Waals surface area contributed by atoms with Crippen molar-refractivity contribution in [3.8, 4) is 0 Å². The van der Waals surface area contributed by atoms with Crippen molar-refractivity contribution < 1.29 is 8.42 Å². The fraction of sp³-hybridized carbons (Fsp3) is 0.545. The van der Waals surface area contributed by atoms with E-state index in [1.165, 1.54) is 12.3 Å². The zero-order valence-corrected chi connectivity index (χ0v) is 10.9. The summed E-state index contributed by atoms with van der Waals surface area (Å²) in [6, 6.07) is 3.07. The number of nitrogens with one attached hydrogen (secondary N) is 1. The van der Waals surface area contributed by atoms with Gasteiger partial charge in [0.1, 0.15) is 10.7 Å². The predicted octanol–water partition coefficient (Wildman–Crippen LogP) is 0.412. The number of hydrogen-bond acceptors (Lipinski definition) is 5. The van der Waals surface area contributed by atoms with Gasteiger partial charge in [-0.15, -0.1) is 0 Å². The molecule has 0 amide bonds. The van der Waals surface area contributed by atoms with Crippen molar-refractivity contribution in [3.05, 3.63) is 18.3 Å². The Hall–Kier alpha value is -1.18. The van der Waals surface area contributed by atoms with Gasteiger partial charge in [0, 0.05) is 12.7 Å². The third-order valence-corrected chi connectivity index (χ3v) is 4.31. The molecule has 0 aromatic carbocycles. The molecule has 0 aliphatic heterocycles. The normalized spacial score (nSPS) is 18.8. The second kappa shape index (κ2) is 4.83. The first-order valence-corrected chi connectivity index (χ1v) is 7.47. The van der Waals surface area contributed by atoms with Gasteiger partial charge < -0.3 is 11.1 Å². The second-order valence-corrected chi connectivity index (χ2v) is 6.30. The number of primary sulfonamides is 1. The van der Waals surface area contributed by atoms with Crippen LogP contribution < -0.4 is 16.2 Å². The summed E-state index contributed by atoms with van der Waals surface area (Å²) in [7, 11) is -3.68. The topological polar surface area (TPSA) is 111 Å². The van der Waals surface area contributed by atoms with Gasteiger partial charge in [0.15, 0.2) is 0 Å². The molecule has 1 saturated carbocycles. The molecule has 0 bridgehead atoms. The van der Waals surface area contributed by atoms with Crippen molar-refractivity contribution in [1.29, 1.82) is 0 Å². The number of aromatic nitrogens is 1. The Labute approximate surface area is 107 Å². The van der Waals surface area contributed by atoms with Crippen molar-refractivity contribution in [2.75, 3.05) is 11.9 Å². The third-order valence-electron chi connectivity index (χ3n) is 3.41. The molecule has 18 heavy (non-hydrogen) atoms. The minimum Gasteiger partial charge on any atom is -0.363 e. The molecule has 0 saturated heterocycles. The van der Waals surface area contributed by atoms with Gasteiger partial charge >= 0.3 is 0 Å². The van der Waals surface area contributed by atoms with Crippen LogP contribution in [0.2, 0.25) is 0 Å². The molecule has 0 radical (unpaired) electrons. The van der Waals surface area contributed by atoms with Gasteiger partial charge in [-0.2, -0.15) is 0 Å². The molecular formula is C11H18N4O2S. The van der Waals surface area contributed by atoms with Gasteiger partial charge in [-0.05, 0) is 25.0 Å². The highest BCUT2D eigenvalue weighted by molar-refractivity contribution is 7.89. The Bertz CT molecular complexity index is 506. The molecule has 100 valence electrons. The van der Waals surface area contributed by atoms with E-state index in [0.29, 0.717) is 12.4 Å². The van der Waals surface area contributed by atoms with Crippen LogP contribution in [0.1, 0.15) is 25.7 Å². The molecular weight excluding hydrogens is 252 g/mol. The standard InChI is InChI=1S/C11H18N4O2S/c12-8-11(5-1-2-6-11)15-10-4-3-9(7-14-10)18(13,16)17/h3-4,7H,1-2,5-6,8,12H2,(H,14,15)(H2,13,16,17). The van der Waals surface area contributed by atoms with E-state index in [9.17, 15) is 8.42 Å². The van der Waals surface area contributed by atoms with E-state index < -0.39 is 10.0 Å². The van der Waals surface area contributed by atoms with Crippen LogP contribution >= 0.6 is 0 Å². The summed E-state index contributed by atoms with van der Waals surface area (Å²) < 4.78 is 22.2. The number of anilines is 1. The van der Waals surface area contributed by atoms with Crippen LogP contribution in [0.3, 0.4) is 0 Å². The number of rotatable bonds is 4. The van der Waals surface area contributed by atoms with Crippen molar-refractivity contribution in [1.82, 2.24) is 4.98 Å². The molecule has 1 aromatic rings. The summed E-state index contributed by atoms with van der Waals surface area (Å²) in [5, 5.41) is 8.33. The van der Waals surface area contributed by atoms with Crippen LogP contribution in [0.4, 0.5) is 5.82 Å². The predicted molar refractivity (Wildman–Crippen MR) is 69.5 cm³/mol. The summed E-state index contributed by atoms with van der Waals surface area (Å²) in [6.45, 7) is 0.547. The van der Waals surface area contributed by atoms with Crippen LogP contribution in [0.25, 0.3) is 0 Å². The fourth-order valence-corrected chi connectivity index (χ4v) is 2.78. The van der Waals surface area contributed by atoms with Crippen LogP contribution in [0, 0.1) is 0 Å². The van der Waals surface area contributed by atoms with E-state index in [4.69, 9.17) is 10.9 Å². The van der Waals surface area contributed by atoms with E-state index in [-0.39, 0.29) is 10.4 Å².